The van der Waals surface area contributed by atoms with Gasteiger partial charge in [-0.3, -0.25) is 9.78 Å². The van der Waals surface area contributed by atoms with Crippen LogP contribution >= 0.6 is 0 Å². The van der Waals surface area contributed by atoms with Gasteiger partial charge in [0.1, 0.15) is 17.3 Å². The van der Waals surface area contributed by atoms with Gasteiger partial charge in [0.05, 0.1) is 11.2 Å². The second-order valence-corrected chi connectivity index (χ2v) is 6.70. The van der Waals surface area contributed by atoms with Crippen LogP contribution in [0.15, 0.2) is 66.9 Å². The Bertz CT molecular complexity index is 1170. The van der Waals surface area contributed by atoms with E-state index < -0.39 is 0 Å². The zero-order valence-electron chi connectivity index (χ0n) is 16.3. The third-order valence-corrected chi connectivity index (χ3v) is 4.59. The minimum absolute atomic E-state index is 0.290. The molecule has 0 atom stereocenters. The fourth-order valence-electron chi connectivity index (χ4n) is 3.11. The molecule has 0 bridgehead atoms. The van der Waals surface area contributed by atoms with Gasteiger partial charge in [-0.1, -0.05) is 37.3 Å². The summed E-state index contributed by atoms with van der Waals surface area (Å²) in [7, 11) is 0. The van der Waals surface area contributed by atoms with Crippen LogP contribution in [0.2, 0.25) is 0 Å². The fourth-order valence-corrected chi connectivity index (χ4v) is 3.11. The van der Waals surface area contributed by atoms with E-state index in [1.807, 2.05) is 42.5 Å². The van der Waals surface area contributed by atoms with Crippen molar-refractivity contribution in [3.8, 4) is 0 Å². The summed E-state index contributed by atoms with van der Waals surface area (Å²) in [6.45, 7) is 3.88. The number of hydrogen-bond acceptors (Lipinski definition) is 5. The molecule has 4 rings (SSSR count). The number of para-hydroxylation sites is 1. The molecule has 6 nitrogen and oxygen atoms in total. The van der Waals surface area contributed by atoms with E-state index >= 15 is 0 Å². The minimum atomic E-state index is -0.307. The number of nitrogens with one attached hydrogen (secondary N) is 2. The molecule has 0 fully saturated rings. The lowest BCUT2D eigenvalue weighted by molar-refractivity contribution is 0.102. The normalized spacial score (nSPS) is 10.7. The van der Waals surface area contributed by atoms with Crippen molar-refractivity contribution in [2.24, 2.45) is 0 Å². The molecule has 6 heteroatoms. The van der Waals surface area contributed by atoms with Gasteiger partial charge in [-0.15, -0.1) is 0 Å². The molecule has 0 aliphatic rings. The molecule has 2 N–H and O–H groups in total. The van der Waals surface area contributed by atoms with Crippen LogP contribution in [0.1, 0.15) is 28.8 Å². The number of carbonyl (C=O) groups is 1. The molecule has 2 aromatic carbocycles. The molecule has 0 aliphatic carbocycles. The fraction of sp³-hybridized carbons (Fsp3) is 0.130. The number of anilines is 3. The predicted octanol–water partition coefficient (Wildman–Crippen LogP) is 4.89. The second-order valence-electron chi connectivity index (χ2n) is 6.70. The Hall–Kier alpha value is -3.80. The number of carbonyl (C=O) groups excluding carboxylic acids is 1. The Balaban J connectivity index is 1.58. The molecule has 0 unspecified atom stereocenters. The van der Waals surface area contributed by atoms with Crippen LogP contribution in [0, 0.1) is 6.92 Å². The minimum Gasteiger partial charge on any atom is -0.340 e. The van der Waals surface area contributed by atoms with Crippen LogP contribution in [-0.4, -0.2) is 20.9 Å². The Morgan fingerprint density at radius 3 is 2.59 bits per heavy atom. The maximum absolute atomic E-state index is 12.8. The van der Waals surface area contributed by atoms with Gasteiger partial charge in [0.25, 0.3) is 5.91 Å². The van der Waals surface area contributed by atoms with Gasteiger partial charge in [-0.2, -0.15) is 0 Å². The molecule has 4 aromatic rings. The van der Waals surface area contributed by atoms with E-state index in [0.29, 0.717) is 17.3 Å². The summed E-state index contributed by atoms with van der Waals surface area (Å²) in [5, 5.41) is 7.12. The summed E-state index contributed by atoms with van der Waals surface area (Å²) in [5.74, 6) is 0.780. The molecule has 2 aromatic heterocycles. The second kappa shape index (κ2) is 8.06. The van der Waals surface area contributed by atoms with Crippen molar-refractivity contribution < 1.29 is 4.79 Å². The van der Waals surface area contributed by atoms with Gasteiger partial charge in [0.2, 0.25) is 0 Å². The van der Waals surface area contributed by atoms with Crippen LogP contribution in [0.4, 0.5) is 17.2 Å². The van der Waals surface area contributed by atoms with Crippen molar-refractivity contribution in [1.82, 2.24) is 15.0 Å². The zero-order valence-corrected chi connectivity index (χ0v) is 16.3. The van der Waals surface area contributed by atoms with Crippen LogP contribution in [0.3, 0.4) is 0 Å². The molecule has 1 amide bonds. The number of amides is 1. The molecule has 29 heavy (non-hydrogen) atoms. The molecular weight excluding hydrogens is 362 g/mol. The first kappa shape index (κ1) is 18.6. The summed E-state index contributed by atoms with van der Waals surface area (Å²) in [6, 6.07) is 19.3. The van der Waals surface area contributed by atoms with E-state index in [4.69, 9.17) is 0 Å². The number of benzene rings is 2. The monoisotopic (exact) mass is 383 g/mol. The van der Waals surface area contributed by atoms with Crippen molar-refractivity contribution in [3.05, 3.63) is 83.9 Å². The predicted molar refractivity (Wildman–Crippen MR) is 116 cm³/mol. The number of pyridine rings is 1. The number of nitrogens with zero attached hydrogens (tertiary/aromatic N) is 3. The van der Waals surface area contributed by atoms with Crippen LogP contribution in [0.5, 0.6) is 0 Å². The van der Waals surface area contributed by atoms with Crippen molar-refractivity contribution in [2.75, 3.05) is 10.6 Å². The van der Waals surface area contributed by atoms with E-state index in [-0.39, 0.29) is 11.6 Å². The van der Waals surface area contributed by atoms with Crippen molar-refractivity contribution in [3.63, 3.8) is 0 Å². The lowest BCUT2D eigenvalue weighted by Gasteiger charge is -2.10. The Kier molecular flexibility index (Phi) is 5.16. The van der Waals surface area contributed by atoms with Crippen LogP contribution in [-0.2, 0) is 6.42 Å². The summed E-state index contributed by atoms with van der Waals surface area (Å²) in [4.78, 5) is 25.9. The highest BCUT2D eigenvalue weighted by molar-refractivity contribution is 6.07. The third-order valence-electron chi connectivity index (χ3n) is 4.59. The lowest BCUT2D eigenvalue weighted by atomic mass is 10.1. The van der Waals surface area contributed by atoms with Crippen LogP contribution in [0.25, 0.3) is 10.9 Å². The maximum atomic E-state index is 12.8. The van der Waals surface area contributed by atoms with Gasteiger partial charge in [-0.05, 0) is 43.2 Å². The third kappa shape index (κ3) is 4.21. The zero-order chi connectivity index (χ0) is 20.2. The number of hydrogen-bond donors (Lipinski definition) is 2. The largest absolute Gasteiger partial charge is 0.340 e. The average Bonchev–Trinajstić information content (AvgIpc) is 2.74. The van der Waals surface area contributed by atoms with E-state index in [0.717, 1.165) is 23.0 Å². The highest BCUT2D eigenvalue weighted by Crippen LogP contribution is 2.22. The van der Waals surface area contributed by atoms with E-state index in [1.54, 1.807) is 19.2 Å². The molecule has 0 saturated carbocycles. The number of aromatic nitrogens is 3. The molecule has 0 spiro atoms. The van der Waals surface area contributed by atoms with Crippen molar-refractivity contribution in [2.45, 2.75) is 20.3 Å². The Morgan fingerprint density at radius 2 is 1.79 bits per heavy atom. The van der Waals surface area contributed by atoms with E-state index in [2.05, 4.69) is 44.6 Å². The molecule has 0 radical (unpaired) electrons. The summed E-state index contributed by atoms with van der Waals surface area (Å²) in [5.41, 5.74) is 3.85. The van der Waals surface area contributed by atoms with Crippen molar-refractivity contribution >= 4 is 34.0 Å². The van der Waals surface area contributed by atoms with Gasteiger partial charge in [-0.25, -0.2) is 9.97 Å². The molecular formula is C23H21N5O. The highest BCUT2D eigenvalue weighted by atomic mass is 16.1. The quantitative estimate of drug-likeness (QED) is 0.513. The summed E-state index contributed by atoms with van der Waals surface area (Å²) < 4.78 is 0. The van der Waals surface area contributed by atoms with Gasteiger partial charge in [0, 0.05) is 23.3 Å². The number of aryl methyl sites for hydroxylation is 2. The first-order chi connectivity index (χ1) is 14.1. The number of fused-ring (bicyclic) bond motifs is 1. The SMILES string of the molecule is CCc1ccc(Nc2cc(C(=O)Nc3cccc4cccnc34)nc(C)n2)cc1. The highest BCUT2D eigenvalue weighted by Gasteiger charge is 2.13. The molecule has 0 saturated heterocycles. The average molecular weight is 383 g/mol. The summed E-state index contributed by atoms with van der Waals surface area (Å²) in [6.07, 6.45) is 2.69. The van der Waals surface area contributed by atoms with E-state index in [9.17, 15) is 4.79 Å². The van der Waals surface area contributed by atoms with Gasteiger partial charge in [0.15, 0.2) is 0 Å². The topological polar surface area (TPSA) is 79.8 Å². The first-order valence-corrected chi connectivity index (χ1v) is 9.49. The smallest absolute Gasteiger partial charge is 0.274 e. The Labute approximate surface area is 169 Å². The standard InChI is InChI=1S/C23H21N5O/c1-3-16-9-11-18(12-10-16)27-21-14-20(25-15(2)26-21)23(29)28-19-8-4-6-17-7-5-13-24-22(17)19/h4-14H,3H2,1-2H3,(H,28,29)(H,25,26,27). The first-order valence-electron chi connectivity index (χ1n) is 9.49. The number of rotatable bonds is 5. The lowest BCUT2D eigenvalue weighted by Crippen LogP contribution is -2.15. The van der Waals surface area contributed by atoms with E-state index in [1.165, 1.54) is 5.56 Å². The van der Waals surface area contributed by atoms with Gasteiger partial charge < -0.3 is 10.6 Å². The van der Waals surface area contributed by atoms with Crippen LogP contribution < -0.4 is 10.6 Å². The maximum Gasteiger partial charge on any atom is 0.274 e. The van der Waals surface area contributed by atoms with Crippen molar-refractivity contribution in [1.29, 1.82) is 0 Å². The molecule has 144 valence electrons. The Morgan fingerprint density at radius 1 is 1.00 bits per heavy atom. The van der Waals surface area contributed by atoms with Gasteiger partial charge >= 0.3 is 0 Å². The summed E-state index contributed by atoms with van der Waals surface area (Å²) >= 11 is 0. The molecule has 0 aliphatic heterocycles. The molecule has 2 heterocycles.